The Labute approximate surface area is 124 Å². The van der Waals surface area contributed by atoms with Crippen molar-refractivity contribution >= 4 is 17.7 Å². The summed E-state index contributed by atoms with van der Waals surface area (Å²) in [4.78, 5) is 13.5. The molecule has 0 aliphatic heterocycles. The number of ether oxygens (including phenoxy) is 1. The molecule has 2 rings (SSSR count). The van der Waals surface area contributed by atoms with Crippen LogP contribution in [0.4, 0.5) is 0 Å². The van der Waals surface area contributed by atoms with Crippen LogP contribution in [0.2, 0.25) is 0 Å². The minimum atomic E-state index is -0.737. The topological polar surface area (TPSA) is 26.3 Å². The number of hydrogen-bond acceptors (Lipinski definition) is 3. The predicted molar refractivity (Wildman–Crippen MR) is 82.7 cm³/mol. The third kappa shape index (κ3) is 3.23. The van der Waals surface area contributed by atoms with Gasteiger partial charge in [0.05, 0.1) is 6.61 Å². The first kappa shape index (κ1) is 14.7. The van der Waals surface area contributed by atoms with Gasteiger partial charge in [-0.2, -0.15) is 0 Å². The van der Waals surface area contributed by atoms with E-state index >= 15 is 0 Å². The maximum atomic E-state index is 12.4. The van der Waals surface area contributed by atoms with Gasteiger partial charge in [0.15, 0.2) is 0 Å². The minimum Gasteiger partial charge on any atom is -0.465 e. The zero-order chi connectivity index (χ0) is 14.4. The second-order valence-corrected chi connectivity index (χ2v) is 6.03. The summed E-state index contributed by atoms with van der Waals surface area (Å²) in [7, 11) is 0. The molecule has 0 saturated carbocycles. The maximum Gasteiger partial charge on any atom is 0.326 e. The van der Waals surface area contributed by atoms with Gasteiger partial charge in [0, 0.05) is 4.90 Å². The molecule has 1 atom stereocenters. The van der Waals surface area contributed by atoms with Gasteiger partial charge in [-0.1, -0.05) is 48.5 Å². The van der Waals surface area contributed by atoms with Crippen LogP contribution in [-0.4, -0.2) is 12.6 Å². The molecule has 0 amide bonds. The minimum absolute atomic E-state index is 0.208. The van der Waals surface area contributed by atoms with Gasteiger partial charge < -0.3 is 4.74 Å². The lowest BCUT2D eigenvalue weighted by molar-refractivity contribution is -0.145. The summed E-state index contributed by atoms with van der Waals surface area (Å²) in [5.41, 5.74) is 0.951. The summed E-state index contributed by atoms with van der Waals surface area (Å²) < 4.78 is 4.54. The normalized spacial score (nSPS) is 13.5. The quantitative estimate of drug-likeness (QED) is 0.607. The molecule has 2 nitrogen and oxygen atoms in total. The van der Waals surface area contributed by atoms with E-state index in [0.717, 1.165) is 10.5 Å². The van der Waals surface area contributed by atoms with E-state index in [-0.39, 0.29) is 5.97 Å². The molecule has 0 fully saturated rings. The molecule has 0 N–H and O–H groups in total. The van der Waals surface area contributed by atoms with Gasteiger partial charge in [0.1, 0.15) is 4.75 Å². The fourth-order valence-electron chi connectivity index (χ4n) is 1.97. The van der Waals surface area contributed by atoms with Gasteiger partial charge in [-0.25, -0.2) is 0 Å². The smallest absolute Gasteiger partial charge is 0.326 e. The van der Waals surface area contributed by atoms with E-state index in [1.165, 1.54) is 11.8 Å². The zero-order valence-corrected chi connectivity index (χ0v) is 12.5. The number of rotatable bonds is 5. The second kappa shape index (κ2) is 6.62. The van der Waals surface area contributed by atoms with Gasteiger partial charge in [-0.05, 0) is 31.5 Å². The summed E-state index contributed by atoms with van der Waals surface area (Å²) in [6.45, 7) is 4.13. The molecular weight excluding hydrogens is 268 g/mol. The van der Waals surface area contributed by atoms with Crippen LogP contribution in [0.15, 0.2) is 65.6 Å². The molecule has 0 aliphatic carbocycles. The van der Waals surface area contributed by atoms with Crippen molar-refractivity contribution in [3.63, 3.8) is 0 Å². The molecule has 0 radical (unpaired) electrons. The molecule has 0 saturated heterocycles. The van der Waals surface area contributed by atoms with Gasteiger partial charge in [0.2, 0.25) is 0 Å². The largest absolute Gasteiger partial charge is 0.465 e. The van der Waals surface area contributed by atoms with Crippen LogP contribution >= 0.6 is 11.8 Å². The molecule has 0 heterocycles. The lowest BCUT2D eigenvalue weighted by Crippen LogP contribution is -2.31. The van der Waals surface area contributed by atoms with Crippen LogP contribution in [0, 0.1) is 0 Å². The molecule has 0 aliphatic rings. The monoisotopic (exact) mass is 286 g/mol. The van der Waals surface area contributed by atoms with E-state index in [0.29, 0.717) is 6.61 Å². The van der Waals surface area contributed by atoms with Crippen LogP contribution in [0.1, 0.15) is 19.4 Å². The highest BCUT2D eigenvalue weighted by Gasteiger charge is 2.37. The lowest BCUT2D eigenvalue weighted by Gasteiger charge is -2.27. The maximum absolute atomic E-state index is 12.4. The first-order valence-electron chi connectivity index (χ1n) is 6.63. The van der Waals surface area contributed by atoms with E-state index < -0.39 is 4.75 Å². The fourth-order valence-corrected chi connectivity index (χ4v) is 3.13. The van der Waals surface area contributed by atoms with Crippen molar-refractivity contribution in [2.24, 2.45) is 0 Å². The van der Waals surface area contributed by atoms with Gasteiger partial charge in [-0.15, -0.1) is 11.8 Å². The third-order valence-corrected chi connectivity index (χ3v) is 4.37. The van der Waals surface area contributed by atoms with Crippen LogP contribution in [0.3, 0.4) is 0 Å². The molecule has 2 aromatic rings. The van der Waals surface area contributed by atoms with E-state index in [1.807, 2.05) is 74.5 Å². The van der Waals surface area contributed by atoms with Crippen molar-refractivity contribution in [2.75, 3.05) is 6.61 Å². The van der Waals surface area contributed by atoms with E-state index in [4.69, 9.17) is 4.74 Å². The number of carbonyl (C=O) groups excluding carboxylic acids is 1. The predicted octanol–water partition coefficient (Wildman–Crippen LogP) is 4.26. The average molecular weight is 286 g/mol. The molecule has 0 spiro atoms. The zero-order valence-electron chi connectivity index (χ0n) is 11.7. The van der Waals surface area contributed by atoms with Crippen molar-refractivity contribution in [2.45, 2.75) is 23.5 Å². The Hall–Kier alpha value is -1.74. The number of carbonyl (C=O) groups is 1. The summed E-state index contributed by atoms with van der Waals surface area (Å²) in [5.74, 6) is -0.208. The number of esters is 1. The fraction of sp³-hybridized carbons (Fsp3) is 0.235. The summed E-state index contributed by atoms with van der Waals surface area (Å²) in [5, 5.41) is 0. The highest BCUT2D eigenvalue weighted by molar-refractivity contribution is 8.01. The van der Waals surface area contributed by atoms with Crippen molar-refractivity contribution in [3.05, 3.63) is 66.2 Å². The number of hydrogen-bond donors (Lipinski definition) is 0. The second-order valence-electron chi connectivity index (χ2n) is 4.53. The summed E-state index contributed by atoms with van der Waals surface area (Å²) >= 11 is 1.52. The molecule has 0 unspecified atom stereocenters. The SMILES string of the molecule is CCOC(=O)[C@](C)(Sc1ccccc1)c1ccccc1. The third-order valence-electron chi connectivity index (χ3n) is 3.05. The van der Waals surface area contributed by atoms with Crippen molar-refractivity contribution in [1.29, 1.82) is 0 Å². The van der Waals surface area contributed by atoms with E-state index in [9.17, 15) is 4.79 Å². The Morgan fingerprint density at radius 3 is 2.15 bits per heavy atom. The van der Waals surface area contributed by atoms with Crippen molar-refractivity contribution in [3.8, 4) is 0 Å². The number of thioether (sulfide) groups is 1. The highest BCUT2D eigenvalue weighted by atomic mass is 32.2. The first-order valence-corrected chi connectivity index (χ1v) is 7.45. The molecule has 20 heavy (non-hydrogen) atoms. The van der Waals surface area contributed by atoms with Gasteiger partial charge >= 0.3 is 5.97 Å². The molecule has 2 aromatic carbocycles. The standard InChI is InChI=1S/C17H18O2S/c1-3-19-16(18)17(2,14-10-6-4-7-11-14)20-15-12-8-5-9-13-15/h4-13H,3H2,1-2H3/t17-/m1/s1. The summed E-state index contributed by atoms with van der Waals surface area (Å²) in [6, 6.07) is 19.7. The Balaban J connectivity index is 2.36. The van der Waals surface area contributed by atoms with Gasteiger partial charge in [-0.3, -0.25) is 4.79 Å². The first-order chi connectivity index (χ1) is 9.66. The number of benzene rings is 2. The van der Waals surface area contributed by atoms with Crippen LogP contribution < -0.4 is 0 Å². The van der Waals surface area contributed by atoms with Crippen LogP contribution in [-0.2, 0) is 14.3 Å². The molecule has 104 valence electrons. The van der Waals surface area contributed by atoms with Crippen LogP contribution in [0.25, 0.3) is 0 Å². The van der Waals surface area contributed by atoms with E-state index in [2.05, 4.69) is 0 Å². The Kier molecular flexibility index (Phi) is 4.85. The molecule has 3 heteroatoms. The van der Waals surface area contributed by atoms with E-state index in [1.54, 1.807) is 0 Å². The molecule has 0 bridgehead atoms. The Morgan fingerprint density at radius 2 is 1.60 bits per heavy atom. The Morgan fingerprint density at radius 1 is 1.05 bits per heavy atom. The lowest BCUT2D eigenvalue weighted by atomic mass is 10.0. The highest BCUT2D eigenvalue weighted by Crippen LogP contribution is 2.42. The molecule has 0 aromatic heterocycles. The van der Waals surface area contributed by atoms with Crippen LogP contribution in [0.5, 0.6) is 0 Å². The van der Waals surface area contributed by atoms with Gasteiger partial charge in [0.25, 0.3) is 0 Å². The molecular formula is C17H18O2S. The van der Waals surface area contributed by atoms with Crippen molar-refractivity contribution in [1.82, 2.24) is 0 Å². The summed E-state index contributed by atoms with van der Waals surface area (Å²) in [6.07, 6.45) is 0. The average Bonchev–Trinajstić information content (AvgIpc) is 2.49. The Bertz CT molecular complexity index is 554. The van der Waals surface area contributed by atoms with Crippen molar-refractivity contribution < 1.29 is 9.53 Å².